The van der Waals surface area contributed by atoms with Crippen molar-refractivity contribution in [2.24, 2.45) is 0 Å². The van der Waals surface area contributed by atoms with E-state index in [-0.39, 0.29) is 6.04 Å². The highest BCUT2D eigenvalue weighted by molar-refractivity contribution is 7.80. The Bertz CT molecular complexity index is 1180. The van der Waals surface area contributed by atoms with Gasteiger partial charge in [0.2, 0.25) is 5.82 Å². The fraction of sp³-hybridized carbons (Fsp3) is 0.320. The second-order valence-electron chi connectivity index (χ2n) is 7.79. The number of rotatable bonds is 9. The lowest BCUT2D eigenvalue weighted by atomic mass is 9.94. The van der Waals surface area contributed by atoms with Crippen molar-refractivity contribution in [3.8, 4) is 17.1 Å². The minimum absolute atomic E-state index is 0.274. The van der Waals surface area contributed by atoms with Crippen molar-refractivity contribution in [2.75, 3.05) is 26.9 Å². The van der Waals surface area contributed by atoms with Crippen LogP contribution in [0, 0.1) is 0 Å². The maximum Gasteiger partial charge on any atom is 0.258 e. The molecule has 1 N–H and O–H groups in total. The summed E-state index contributed by atoms with van der Waals surface area (Å²) >= 11 is 11.8. The van der Waals surface area contributed by atoms with E-state index >= 15 is 0 Å². The van der Waals surface area contributed by atoms with Crippen LogP contribution in [-0.2, 0) is 4.74 Å². The van der Waals surface area contributed by atoms with Crippen molar-refractivity contribution >= 4 is 34.5 Å². The number of ether oxygens (including phenoxy) is 2. The lowest BCUT2D eigenvalue weighted by Gasteiger charge is -2.37. The van der Waals surface area contributed by atoms with E-state index in [1.807, 2.05) is 50.2 Å². The fourth-order valence-electron chi connectivity index (χ4n) is 3.92. The Morgan fingerprint density at radius 3 is 2.74 bits per heavy atom. The second-order valence-corrected chi connectivity index (χ2v) is 8.61. The Morgan fingerprint density at radius 1 is 1.21 bits per heavy atom. The van der Waals surface area contributed by atoms with Crippen LogP contribution in [0.25, 0.3) is 17.0 Å². The summed E-state index contributed by atoms with van der Waals surface area (Å²) in [6.45, 7) is 6.09. The molecule has 0 radical (unpaired) electrons. The number of benzene rings is 2. The van der Waals surface area contributed by atoms with Crippen molar-refractivity contribution in [2.45, 2.75) is 26.3 Å². The number of allylic oxidation sites excluding steroid dienone is 1. The quantitative estimate of drug-likeness (QED) is 0.307. The number of hydrogen-bond donors (Lipinski definition) is 1. The van der Waals surface area contributed by atoms with Crippen LogP contribution in [0.3, 0.4) is 0 Å². The maximum atomic E-state index is 6.03. The Labute approximate surface area is 209 Å². The number of halogens is 1. The molecule has 2 aromatic carbocycles. The number of hydrogen-bond acceptors (Lipinski definition) is 6. The fourth-order valence-corrected chi connectivity index (χ4v) is 4.39. The van der Waals surface area contributed by atoms with Gasteiger partial charge >= 0.3 is 0 Å². The molecule has 0 bridgehead atoms. The van der Waals surface area contributed by atoms with E-state index in [2.05, 4.69) is 15.4 Å². The average Bonchev–Trinajstić information content (AvgIpc) is 3.33. The van der Waals surface area contributed by atoms with Crippen molar-refractivity contribution < 1.29 is 14.0 Å². The van der Waals surface area contributed by atoms with Gasteiger partial charge in [0.15, 0.2) is 5.11 Å². The van der Waals surface area contributed by atoms with Crippen LogP contribution in [-0.4, -0.2) is 47.0 Å². The molecule has 0 amide bonds. The molecular formula is C25H27ClN4O3S. The highest BCUT2D eigenvalue weighted by Gasteiger charge is 2.34. The normalized spacial score (nSPS) is 16.1. The summed E-state index contributed by atoms with van der Waals surface area (Å²) in [6, 6.07) is 14.9. The van der Waals surface area contributed by atoms with Gasteiger partial charge in [-0.2, -0.15) is 4.98 Å². The van der Waals surface area contributed by atoms with E-state index in [0.29, 0.717) is 41.6 Å². The first-order valence-electron chi connectivity index (χ1n) is 11.1. The molecule has 0 saturated carbocycles. The zero-order chi connectivity index (χ0) is 24.1. The zero-order valence-electron chi connectivity index (χ0n) is 19.4. The summed E-state index contributed by atoms with van der Waals surface area (Å²) in [4.78, 5) is 6.79. The van der Waals surface area contributed by atoms with E-state index < -0.39 is 0 Å². The van der Waals surface area contributed by atoms with Gasteiger partial charge in [-0.3, -0.25) is 0 Å². The third-order valence-electron chi connectivity index (χ3n) is 5.66. The molecule has 0 saturated heterocycles. The molecule has 1 aromatic heterocycles. The van der Waals surface area contributed by atoms with Gasteiger partial charge in [0, 0.05) is 36.0 Å². The third-order valence-corrected chi connectivity index (χ3v) is 6.25. The molecule has 4 rings (SSSR count). The van der Waals surface area contributed by atoms with Crippen LogP contribution in [0.4, 0.5) is 0 Å². The predicted molar refractivity (Wildman–Crippen MR) is 137 cm³/mol. The van der Waals surface area contributed by atoms with Crippen molar-refractivity contribution in [1.82, 2.24) is 20.4 Å². The summed E-state index contributed by atoms with van der Waals surface area (Å²) in [6.07, 6.45) is 0.837. The van der Waals surface area contributed by atoms with Crippen LogP contribution >= 0.6 is 23.8 Å². The lowest BCUT2D eigenvalue weighted by Crippen LogP contribution is -2.46. The van der Waals surface area contributed by atoms with E-state index in [1.165, 1.54) is 0 Å². The van der Waals surface area contributed by atoms with Crippen LogP contribution in [0.1, 0.15) is 37.8 Å². The minimum Gasteiger partial charge on any atom is -0.497 e. The highest BCUT2D eigenvalue weighted by atomic mass is 35.5. The molecule has 34 heavy (non-hydrogen) atoms. The van der Waals surface area contributed by atoms with Gasteiger partial charge in [-0.1, -0.05) is 28.9 Å². The Hall–Kier alpha value is -2.94. The van der Waals surface area contributed by atoms with Gasteiger partial charge in [-0.15, -0.1) is 0 Å². The zero-order valence-corrected chi connectivity index (χ0v) is 20.9. The van der Waals surface area contributed by atoms with Crippen LogP contribution < -0.4 is 10.1 Å². The number of thiocarbonyl (C=S) groups is 1. The van der Waals surface area contributed by atoms with Crippen LogP contribution in [0.15, 0.2) is 58.8 Å². The van der Waals surface area contributed by atoms with Gasteiger partial charge in [-0.05, 0) is 74.4 Å². The summed E-state index contributed by atoms with van der Waals surface area (Å²) in [7, 11) is 1.65. The number of aromatic nitrogens is 2. The van der Waals surface area contributed by atoms with Crippen molar-refractivity contribution in [3.63, 3.8) is 0 Å². The van der Waals surface area contributed by atoms with Crippen LogP contribution in [0.5, 0.6) is 5.75 Å². The SMILES string of the molecule is CCOCCCN1C(=S)NC(c2cccc(OC)c2)C(c2nc(-c3ccc(Cl)cc3)no2)=C1C. The minimum atomic E-state index is -0.274. The molecular weight excluding hydrogens is 472 g/mol. The van der Waals surface area contributed by atoms with Gasteiger partial charge in [-0.25, -0.2) is 0 Å². The molecule has 0 fully saturated rings. The molecule has 0 aliphatic carbocycles. The Kier molecular flexibility index (Phi) is 7.82. The summed E-state index contributed by atoms with van der Waals surface area (Å²) in [5, 5.41) is 8.99. The molecule has 9 heteroatoms. The van der Waals surface area contributed by atoms with Gasteiger partial charge in [0.1, 0.15) is 5.75 Å². The van der Waals surface area contributed by atoms with E-state index in [9.17, 15) is 0 Å². The second kappa shape index (κ2) is 11.0. The number of nitrogens with one attached hydrogen (secondary N) is 1. The first kappa shape index (κ1) is 24.2. The molecule has 178 valence electrons. The maximum absolute atomic E-state index is 6.03. The number of nitrogens with zero attached hydrogens (tertiary/aromatic N) is 3. The van der Waals surface area contributed by atoms with Gasteiger partial charge in [0.25, 0.3) is 5.89 Å². The molecule has 1 atom stereocenters. The smallest absolute Gasteiger partial charge is 0.258 e. The molecule has 1 aliphatic heterocycles. The predicted octanol–water partition coefficient (Wildman–Crippen LogP) is 5.49. The lowest BCUT2D eigenvalue weighted by molar-refractivity contribution is 0.141. The first-order valence-corrected chi connectivity index (χ1v) is 11.9. The van der Waals surface area contributed by atoms with Gasteiger partial charge < -0.3 is 24.2 Å². The molecule has 7 nitrogen and oxygen atoms in total. The standard InChI is InChI=1S/C25H27ClN4O3S/c1-4-32-14-6-13-30-16(2)21(22(27-25(30)34)18-7-5-8-20(15-18)31-3)24-28-23(29-33-24)17-9-11-19(26)12-10-17/h5,7-12,15,22H,4,6,13-14H2,1-3H3,(H,27,34). The monoisotopic (exact) mass is 498 g/mol. The molecule has 0 spiro atoms. The van der Waals surface area contributed by atoms with E-state index in [1.54, 1.807) is 19.2 Å². The summed E-state index contributed by atoms with van der Waals surface area (Å²) in [5.74, 6) is 1.68. The van der Waals surface area contributed by atoms with E-state index in [0.717, 1.165) is 34.6 Å². The largest absolute Gasteiger partial charge is 0.497 e. The topological polar surface area (TPSA) is 72.7 Å². The number of methoxy groups -OCH3 is 1. The summed E-state index contributed by atoms with van der Waals surface area (Å²) < 4.78 is 16.7. The average molecular weight is 499 g/mol. The third kappa shape index (κ3) is 5.24. The van der Waals surface area contributed by atoms with E-state index in [4.69, 9.17) is 42.8 Å². The van der Waals surface area contributed by atoms with Crippen molar-refractivity contribution in [1.29, 1.82) is 0 Å². The van der Waals surface area contributed by atoms with Crippen LogP contribution in [0.2, 0.25) is 5.02 Å². The highest BCUT2D eigenvalue weighted by Crippen LogP contribution is 2.38. The van der Waals surface area contributed by atoms with Crippen molar-refractivity contribution in [3.05, 3.63) is 70.7 Å². The molecule has 3 aromatic rings. The molecule has 1 aliphatic rings. The summed E-state index contributed by atoms with van der Waals surface area (Å²) in [5.41, 5.74) is 3.63. The Morgan fingerprint density at radius 2 is 2.00 bits per heavy atom. The Balaban J connectivity index is 1.74. The molecule has 2 heterocycles. The van der Waals surface area contributed by atoms with Gasteiger partial charge in [0.05, 0.1) is 18.7 Å². The molecule has 1 unspecified atom stereocenters. The first-order chi connectivity index (χ1) is 16.5.